The van der Waals surface area contributed by atoms with Crippen molar-refractivity contribution in [2.75, 3.05) is 11.1 Å². The fraction of sp³-hybridized carbons (Fsp3) is 0.0714. The van der Waals surface area contributed by atoms with E-state index in [0.29, 0.717) is 6.17 Å². The molecule has 2 aromatic carbocycles. The maximum Gasteiger partial charge on any atom is 0.113 e. The lowest BCUT2D eigenvalue weighted by Gasteiger charge is -2.23. The highest BCUT2D eigenvalue weighted by atomic mass is 32.1. The van der Waals surface area contributed by atoms with Gasteiger partial charge >= 0.3 is 0 Å². The SMILES string of the molecule is [Si]CN(C(=S)c1ccccc1)c1ccccc1. The quantitative estimate of drug-likeness (QED) is 0.612. The van der Waals surface area contributed by atoms with E-state index in [9.17, 15) is 0 Å². The van der Waals surface area contributed by atoms with Gasteiger partial charge in [-0.3, -0.25) is 0 Å². The summed E-state index contributed by atoms with van der Waals surface area (Å²) in [5, 5.41) is 0. The first kappa shape index (κ1) is 12.0. The van der Waals surface area contributed by atoms with Crippen LogP contribution in [0.3, 0.4) is 0 Å². The Bertz CT molecular complexity index is 484. The lowest BCUT2D eigenvalue weighted by atomic mass is 10.2. The Kier molecular flexibility index (Phi) is 4.06. The molecule has 0 aliphatic carbocycles. The molecule has 0 aromatic heterocycles. The number of hydrogen-bond acceptors (Lipinski definition) is 1. The van der Waals surface area contributed by atoms with Crippen LogP contribution in [0.1, 0.15) is 5.56 Å². The summed E-state index contributed by atoms with van der Waals surface area (Å²) in [6.07, 6.45) is 0.678. The zero-order valence-electron chi connectivity index (χ0n) is 9.34. The Morgan fingerprint density at radius 1 is 0.941 bits per heavy atom. The molecule has 83 valence electrons. The van der Waals surface area contributed by atoms with E-state index in [1.165, 1.54) is 0 Å². The number of anilines is 1. The number of rotatable bonds is 3. The molecule has 0 spiro atoms. The molecular formula is C14H12NSSi. The largest absolute Gasteiger partial charge is 0.336 e. The summed E-state index contributed by atoms with van der Waals surface area (Å²) in [5.74, 6) is 0. The second kappa shape index (κ2) is 5.75. The summed E-state index contributed by atoms with van der Waals surface area (Å²) in [7, 11) is 3.54. The molecule has 0 saturated heterocycles. The van der Waals surface area contributed by atoms with Crippen LogP contribution in [0, 0.1) is 0 Å². The second-order valence-corrected chi connectivity index (χ2v) is 4.30. The van der Waals surface area contributed by atoms with E-state index in [4.69, 9.17) is 12.2 Å². The third-order valence-corrected chi connectivity index (χ3v) is 3.26. The van der Waals surface area contributed by atoms with E-state index in [0.717, 1.165) is 16.2 Å². The van der Waals surface area contributed by atoms with Crippen LogP contribution in [-0.4, -0.2) is 21.4 Å². The predicted octanol–water partition coefficient (Wildman–Crippen LogP) is 2.99. The maximum atomic E-state index is 5.52. The summed E-state index contributed by atoms with van der Waals surface area (Å²) in [6, 6.07) is 20.2. The molecule has 0 amide bonds. The molecule has 2 rings (SSSR count). The van der Waals surface area contributed by atoms with Gasteiger partial charge in [0.05, 0.1) is 10.2 Å². The van der Waals surface area contributed by atoms with Gasteiger partial charge in [0.15, 0.2) is 0 Å². The molecule has 3 radical (unpaired) electrons. The standard InChI is InChI=1S/C14H12NSSi/c16-14(12-7-3-1-4-8-12)15(11-17)13-9-5-2-6-10-13/h1-10H,11H2. The molecule has 1 nitrogen and oxygen atoms in total. The summed E-state index contributed by atoms with van der Waals surface area (Å²) < 4.78 is 0. The maximum absolute atomic E-state index is 5.52. The fourth-order valence-corrected chi connectivity index (χ4v) is 2.39. The third kappa shape index (κ3) is 2.81. The zero-order valence-corrected chi connectivity index (χ0v) is 11.2. The molecule has 0 bridgehead atoms. The summed E-state index contributed by atoms with van der Waals surface area (Å²) in [5.41, 5.74) is 2.15. The van der Waals surface area contributed by atoms with Crippen LogP contribution in [-0.2, 0) is 0 Å². The fourth-order valence-electron chi connectivity index (χ4n) is 1.62. The Morgan fingerprint density at radius 2 is 1.47 bits per heavy atom. The summed E-state index contributed by atoms with van der Waals surface area (Å²) in [4.78, 5) is 2.88. The first-order valence-electron chi connectivity index (χ1n) is 5.39. The predicted molar refractivity (Wildman–Crippen MR) is 77.7 cm³/mol. The molecule has 2 aromatic rings. The van der Waals surface area contributed by atoms with Gasteiger partial charge in [0.1, 0.15) is 4.99 Å². The third-order valence-electron chi connectivity index (χ3n) is 2.49. The first-order valence-corrected chi connectivity index (χ1v) is 6.51. The van der Waals surface area contributed by atoms with E-state index in [1.807, 2.05) is 48.5 Å². The van der Waals surface area contributed by atoms with Crippen molar-refractivity contribution >= 4 is 33.1 Å². The Balaban J connectivity index is 2.29. The number of thiocarbonyl (C=S) groups is 1. The van der Waals surface area contributed by atoms with Gasteiger partial charge < -0.3 is 4.90 Å². The molecule has 0 heterocycles. The van der Waals surface area contributed by atoms with E-state index in [2.05, 4.69) is 27.3 Å². The van der Waals surface area contributed by atoms with Gasteiger partial charge in [-0.2, -0.15) is 0 Å². The summed E-state index contributed by atoms with van der Waals surface area (Å²) >= 11 is 5.52. The van der Waals surface area contributed by atoms with Crippen LogP contribution in [0.5, 0.6) is 0 Å². The average molecular weight is 254 g/mol. The molecular weight excluding hydrogens is 242 g/mol. The molecule has 0 atom stereocenters. The van der Waals surface area contributed by atoms with Crippen LogP contribution >= 0.6 is 12.2 Å². The monoisotopic (exact) mass is 254 g/mol. The average Bonchev–Trinajstić information content (AvgIpc) is 2.42. The zero-order chi connectivity index (χ0) is 12.1. The second-order valence-electron chi connectivity index (χ2n) is 3.59. The normalized spacial score (nSPS) is 9.94. The number of nitrogens with zero attached hydrogens (tertiary/aromatic N) is 1. The minimum absolute atomic E-state index is 0.678. The number of benzene rings is 2. The highest BCUT2D eigenvalue weighted by Gasteiger charge is 2.10. The van der Waals surface area contributed by atoms with Crippen LogP contribution < -0.4 is 4.90 Å². The van der Waals surface area contributed by atoms with E-state index in [1.54, 1.807) is 0 Å². The van der Waals surface area contributed by atoms with Crippen molar-refractivity contribution in [2.45, 2.75) is 0 Å². The van der Waals surface area contributed by atoms with Gasteiger partial charge in [-0.1, -0.05) is 60.7 Å². The smallest absolute Gasteiger partial charge is 0.113 e. The molecule has 0 aliphatic rings. The highest BCUT2D eigenvalue weighted by molar-refractivity contribution is 7.81. The van der Waals surface area contributed by atoms with Crippen molar-refractivity contribution < 1.29 is 0 Å². The van der Waals surface area contributed by atoms with Crippen LogP contribution in [0.15, 0.2) is 60.7 Å². The molecule has 0 saturated carbocycles. The van der Waals surface area contributed by atoms with E-state index >= 15 is 0 Å². The Morgan fingerprint density at radius 3 is 2.00 bits per heavy atom. The van der Waals surface area contributed by atoms with Gasteiger partial charge in [-0.15, -0.1) is 0 Å². The van der Waals surface area contributed by atoms with E-state index < -0.39 is 0 Å². The first-order chi connectivity index (χ1) is 8.33. The molecule has 0 unspecified atom stereocenters. The lowest BCUT2D eigenvalue weighted by molar-refractivity contribution is 1.23. The van der Waals surface area contributed by atoms with Crippen molar-refractivity contribution in [1.29, 1.82) is 0 Å². The van der Waals surface area contributed by atoms with Crippen molar-refractivity contribution in [2.24, 2.45) is 0 Å². The topological polar surface area (TPSA) is 3.24 Å². The molecule has 17 heavy (non-hydrogen) atoms. The number of hydrogen-bond donors (Lipinski definition) is 0. The molecule has 3 heteroatoms. The van der Waals surface area contributed by atoms with Gasteiger partial charge in [0, 0.05) is 17.4 Å². The van der Waals surface area contributed by atoms with Crippen molar-refractivity contribution in [3.63, 3.8) is 0 Å². The Hall–Kier alpha value is -1.45. The van der Waals surface area contributed by atoms with Gasteiger partial charge in [-0.05, 0) is 12.1 Å². The highest BCUT2D eigenvalue weighted by Crippen LogP contribution is 2.16. The van der Waals surface area contributed by atoms with Crippen LogP contribution in [0.4, 0.5) is 5.69 Å². The minimum atomic E-state index is 0.678. The van der Waals surface area contributed by atoms with Gasteiger partial charge in [0.25, 0.3) is 0 Å². The van der Waals surface area contributed by atoms with Crippen molar-refractivity contribution in [1.82, 2.24) is 0 Å². The number of para-hydroxylation sites is 1. The molecule has 0 N–H and O–H groups in total. The van der Waals surface area contributed by atoms with Crippen molar-refractivity contribution in [3.8, 4) is 0 Å². The van der Waals surface area contributed by atoms with E-state index in [-0.39, 0.29) is 0 Å². The Labute approximate surface area is 111 Å². The summed E-state index contributed by atoms with van der Waals surface area (Å²) in [6.45, 7) is 0. The van der Waals surface area contributed by atoms with Crippen LogP contribution in [0.2, 0.25) is 0 Å². The van der Waals surface area contributed by atoms with Crippen LogP contribution in [0.25, 0.3) is 0 Å². The molecule has 0 fully saturated rings. The van der Waals surface area contributed by atoms with Gasteiger partial charge in [0.2, 0.25) is 0 Å². The lowest BCUT2D eigenvalue weighted by Crippen LogP contribution is -2.31. The molecule has 0 aliphatic heterocycles. The van der Waals surface area contributed by atoms with Crippen molar-refractivity contribution in [3.05, 3.63) is 66.2 Å². The minimum Gasteiger partial charge on any atom is -0.336 e. The van der Waals surface area contributed by atoms with Gasteiger partial charge in [-0.25, -0.2) is 0 Å².